The number of halogens is 1. The summed E-state index contributed by atoms with van der Waals surface area (Å²) in [4.78, 5) is 17.6. The Morgan fingerprint density at radius 2 is 2.44 bits per heavy atom. The highest BCUT2D eigenvalue weighted by Gasteiger charge is 2.15. The van der Waals surface area contributed by atoms with Crippen LogP contribution in [0, 0.1) is 11.3 Å². The number of nitriles is 1. The first-order valence-corrected chi connectivity index (χ1v) is 5.80. The van der Waals surface area contributed by atoms with Gasteiger partial charge in [-0.15, -0.1) is 0 Å². The summed E-state index contributed by atoms with van der Waals surface area (Å²) in [6.07, 6.45) is 1.70. The fourth-order valence-corrected chi connectivity index (χ4v) is 1.65. The Balaban J connectivity index is 2.89. The third-order valence-corrected chi connectivity index (χ3v) is 2.68. The van der Waals surface area contributed by atoms with Crippen LogP contribution in [-0.4, -0.2) is 28.9 Å². The number of amides is 1. The number of nitrogen functional groups attached to an aromatic ring is 1. The van der Waals surface area contributed by atoms with Gasteiger partial charge in [0, 0.05) is 19.3 Å². The Morgan fingerprint density at radius 3 is 2.94 bits per heavy atom. The lowest BCUT2D eigenvalue weighted by atomic mass is 10.2. The SMILES string of the molecule is CCN(CCC#N)C(=O)c1cnc(NN)c(Cl)c1. The van der Waals surface area contributed by atoms with Gasteiger partial charge < -0.3 is 10.3 Å². The zero-order valence-electron chi connectivity index (χ0n) is 9.98. The van der Waals surface area contributed by atoms with Crippen LogP contribution in [0.25, 0.3) is 0 Å². The number of hydrogen-bond donors (Lipinski definition) is 2. The van der Waals surface area contributed by atoms with E-state index in [1.54, 1.807) is 4.90 Å². The van der Waals surface area contributed by atoms with Crippen LogP contribution >= 0.6 is 11.6 Å². The van der Waals surface area contributed by atoms with E-state index in [0.717, 1.165) is 0 Å². The number of nitrogens with zero attached hydrogens (tertiary/aromatic N) is 3. The first-order chi connectivity index (χ1) is 8.63. The van der Waals surface area contributed by atoms with Gasteiger partial charge in [0.2, 0.25) is 0 Å². The van der Waals surface area contributed by atoms with E-state index in [0.29, 0.717) is 30.9 Å². The molecule has 0 saturated heterocycles. The van der Waals surface area contributed by atoms with Crippen molar-refractivity contribution in [1.29, 1.82) is 5.26 Å². The maximum atomic E-state index is 12.1. The molecule has 1 rings (SSSR count). The number of carbonyl (C=O) groups excluding carboxylic acids is 1. The number of anilines is 1. The summed E-state index contributed by atoms with van der Waals surface area (Å²) in [7, 11) is 0. The highest BCUT2D eigenvalue weighted by atomic mass is 35.5. The molecule has 0 bridgehead atoms. The fourth-order valence-electron chi connectivity index (χ4n) is 1.43. The first kappa shape index (κ1) is 14.2. The molecule has 3 N–H and O–H groups in total. The molecular weight excluding hydrogens is 254 g/mol. The number of rotatable bonds is 5. The van der Waals surface area contributed by atoms with Crippen LogP contribution in [0.4, 0.5) is 5.82 Å². The maximum Gasteiger partial charge on any atom is 0.255 e. The van der Waals surface area contributed by atoms with E-state index in [9.17, 15) is 4.79 Å². The highest BCUT2D eigenvalue weighted by Crippen LogP contribution is 2.19. The second-order valence-corrected chi connectivity index (χ2v) is 3.90. The predicted molar refractivity (Wildman–Crippen MR) is 68.9 cm³/mol. The summed E-state index contributed by atoms with van der Waals surface area (Å²) >= 11 is 5.90. The molecule has 0 fully saturated rings. The Hall–Kier alpha value is -1.84. The first-order valence-electron chi connectivity index (χ1n) is 5.42. The van der Waals surface area contributed by atoms with Crippen molar-refractivity contribution in [3.63, 3.8) is 0 Å². The minimum atomic E-state index is -0.203. The Morgan fingerprint density at radius 1 is 1.72 bits per heavy atom. The molecule has 6 nitrogen and oxygen atoms in total. The minimum absolute atomic E-state index is 0.203. The van der Waals surface area contributed by atoms with E-state index >= 15 is 0 Å². The molecule has 18 heavy (non-hydrogen) atoms. The molecule has 0 aromatic carbocycles. The van der Waals surface area contributed by atoms with Gasteiger partial charge in [-0.1, -0.05) is 11.6 Å². The van der Waals surface area contributed by atoms with Gasteiger partial charge in [-0.2, -0.15) is 5.26 Å². The van der Waals surface area contributed by atoms with Crippen molar-refractivity contribution >= 4 is 23.3 Å². The predicted octanol–water partition coefficient (Wildman–Crippen LogP) is 1.40. The lowest BCUT2D eigenvalue weighted by Crippen LogP contribution is -2.31. The molecule has 1 heterocycles. The standard InChI is InChI=1S/C11H14ClN5O/c1-2-17(5-3-4-13)11(18)8-6-9(12)10(16-14)15-7-8/h6-7H,2-3,5,14H2,1H3,(H,15,16). The van der Waals surface area contributed by atoms with Crippen LogP contribution in [0.5, 0.6) is 0 Å². The molecular formula is C11H14ClN5O. The second kappa shape index (κ2) is 6.79. The smallest absolute Gasteiger partial charge is 0.255 e. The van der Waals surface area contributed by atoms with Crippen molar-refractivity contribution in [2.75, 3.05) is 18.5 Å². The third-order valence-electron chi connectivity index (χ3n) is 2.39. The van der Waals surface area contributed by atoms with Crippen LogP contribution in [0.3, 0.4) is 0 Å². The Kier molecular flexibility index (Phi) is 5.36. The van der Waals surface area contributed by atoms with E-state index in [1.807, 2.05) is 13.0 Å². The zero-order chi connectivity index (χ0) is 13.5. The van der Waals surface area contributed by atoms with E-state index in [2.05, 4.69) is 10.4 Å². The topological polar surface area (TPSA) is 95.0 Å². The number of hydrogen-bond acceptors (Lipinski definition) is 5. The molecule has 1 aromatic rings. The molecule has 96 valence electrons. The van der Waals surface area contributed by atoms with Gasteiger partial charge in [0.25, 0.3) is 5.91 Å². The Bertz CT molecular complexity index is 471. The number of nitrogens with one attached hydrogen (secondary N) is 1. The van der Waals surface area contributed by atoms with Gasteiger partial charge >= 0.3 is 0 Å². The number of hydrazine groups is 1. The number of pyridine rings is 1. The molecule has 1 amide bonds. The Labute approximate surface area is 110 Å². The molecule has 0 aliphatic carbocycles. The second-order valence-electron chi connectivity index (χ2n) is 3.49. The van der Waals surface area contributed by atoms with Gasteiger partial charge in [-0.25, -0.2) is 10.8 Å². The lowest BCUT2D eigenvalue weighted by Gasteiger charge is -2.19. The van der Waals surface area contributed by atoms with Crippen LogP contribution in [0.15, 0.2) is 12.3 Å². The third kappa shape index (κ3) is 3.32. The van der Waals surface area contributed by atoms with Gasteiger partial charge in [0.1, 0.15) is 0 Å². The minimum Gasteiger partial charge on any atom is -0.338 e. The molecule has 7 heteroatoms. The van der Waals surface area contributed by atoms with Crippen molar-refractivity contribution in [1.82, 2.24) is 9.88 Å². The largest absolute Gasteiger partial charge is 0.338 e. The summed E-state index contributed by atoms with van der Waals surface area (Å²) in [5, 5.41) is 8.81. The quantitative estimate of drug-likeness (QED) is 0.621. The van der Waals surface area contributed by atoms with Crippen molar-refractivity contribution in [3.8, 4) is 6.07 Å². The van der Waals surface area contributed by atoms with Crippen molar-refractivity contribution in [2.24, 2.45) is 5.84 Å². The fraction of sp³-hybridized carbons (Fsp3) is 0.364. The van der Waals surface area contributed by atoms with Gasteiger partial charge in [-0.05, 0) is 13.0 Å². The maximum absolute atomic E-state index is 12.1. The van der Waals surface area contributed by atoms with Gasteiger partial charge in [-0.3, -0.25) is 4.79 Å². The van der Waals surface area contributed by atoms with Crippen LogP contribution in [-0.2, 0) is 0 Å². The van der Waals surface area contributed by atoms with Gasteiger partial charge in [0.15, 0.2) is 5.82 Å². The number of carbonyl (C=O) groups is 1. The van der Waals surface area contributed by atoms with E-state index < -0.39 is 0 Å². The van der Waals surface area contributed by atoms with E-state index in [4.69, 9.17) is 22.7 Å². The molecule has 0 spiro atoms. The van der Waals surface area contributed by atoms with Crippen molar-refractivity contribution in [2.45, 2.75) is 13.3 Å². The van der Waals surface area contributed by atoms with Crippen molar-refractivity contribution < 1.29 is 4.79 Å². The monoisotopic (exact) mass is 267 g/mol. The summed E-state index contributed by atoms with van der Waals surface area (Å²) in [6.45, 7) is 2.76. The van der Waals surface area contributed by atoms with Crippen molar-refractivity contribution in [3.05, 3.63) is 22.8 Å². The lowest BCUT2D eigenvalue weighted by molar-refractivity contribution is 0.0767. The average Bonchev–Trinajstić information content (AvgIpc) is 2.39. The molecule has 0 radical (unpaired) electrons. The summed E-state index contributed by atoms with van der Waals surface area (Å²) < 4.78 is 0. The molecule has 0 aliphatic heterocycles. The van der Waals surface area contributed by atoms with Crippen LogP contribution in [0.2, 0.25) is 5.02 Å². The summed E-state index contributed by atoms with van der Waals surface area (Å²) in [5.74, 6) is 5.31. The van der Waals surface area contributed by atoms with Crippen LogP contribution in [0.1, 0.15) is 23.7 Å². The van der Waals surface area contributed by atoms with Crippen LogP contribution < -0.4 is 11.3 Å². The molecule has 0 unspecified atom stereocenters. The summed E-state index contributed by atoms with van der Waals surface area (Å²) in [6, 6.07) is 3.51. The van der Waals surface area contributed by atoms with E-state index in [-0.39, 0.29) is 10.9 Å². The highest BCUT2D eigenvalue weighted by molar-refractivity contribution is 6.33. The summed E-state index contributed by atoms with van der Waals surface area (Å²) in [5.41, 5.74) is 2.70. The molecule has 0 saturated carbocycles. The number of nitrogens with two attached hydrogens (primary N) is 1. The zero-order valence-corrected chi connectivity index (χ0v) is 10.7. The molecule has 1 aromatic heterocycles. The molecule has 0 aliphatic rings. The number of aromatic nitrogens is 1. The average molecular weight is 268 g/mol. The van der Waals surface area contributed by atoms with Gasteiger partial charge in [0.05, 0.1) is 23.1 Å². The normalized spacial score (nSPS) is 9.67. The van der Waals surface area contributed by atoms with E-state index in [1.165, 1.54) is 12.3 Å². The molecule has 0 atom stereocenters.